The van der Waals surface area contributed by atoms with Crippen LogP contribution >= 0.6 is 0 Å². The van der Waals surface area contributed by atoms with E-state index in [-0.39, 0.29) is 12.1 Å². The van der Waals surface area contributed by atoms with Crippen molar-refractivity contribution in [3.8, 4) is 0 Å². The van der Waals surface area contributed by atoms with Crippen molar-refractivity contribution in [2.75, 3.05) is 6.54 Å². The minimum Gasteiger partial charge on any atom is -0.444 e. The third-order valence-electron chi connectivity index (χ3n) is 2.59. The molecular weight excluding hydrogens is 218 g/mol. The lowest BCUT2D eigenvalue weighted by molar-refractivity contribution is 0.0195. The van der Waals surface area contributed by atoms with Crippen LogP contribution in [-0.2, 0) is 4.74 Å². The maximum absolute atomic E-state index is 12.0. The zero-order chi connectivity index (χ0) is 13.2. The fourth-order valence-corrected chi connectivity index (χ4v) is 1.69. The van der Waals surface area contributed by atoms with Crippen LogP contribution in [0.15, 0.2) is 11.8 Å². The van der Waals surface area contributed by atoms with Gasteiger partial charge in [-0.05, 0) is 27.7 Å². The van der Waals surface area contributed by atoms with Crippen LogP contribution in [0.2, 0.25) is 0 Å². The lowest BCUT2D eigenvalue weighted by Crippen LogP contribution is -2.48. The predicted molar refractivity (Wildman–Crippen MR) is 67.0 cm³/mol. The smallest absolute Gasteiger partial charge is 0.410 e. The Morgan fingerprint density at radius 3 is 2.65 bits per heavy atom. The maximum Gasteiger partial charge on any atom is 0.410 e. The van der Waals surface area contributed by atoms with Crippen LogP contribution < -0.4 is 5.73 Å². The number of amides is 1. The number of likely N-dealkylation sites (tertiary alicyclic amines) is 1. The van der Waals surface area contributed by atoms with Crippen LogP contribution in [0.25, 0.3) is 0 Å². The van der Waals surface area contributed by atoms with Crippen molar-refractivity contribution < 1.29 is 9.53 Å². The number of piperidine rings is 1. The molecule has 96 valence electrons. The molecule has 1 amide bonds. The van der Waals surface area contributed by atoms with Gasteiger partial charge in [0.1, 0.15) is 5.60 Å². The number of carbonyl (C=O) groups excluding carboxylic acids is 1. The van der Waals surface area contributed by atoms with Crippen molar-refractivity contribution in [3.05, 3.63) is 11.8 Å². The van der Waals surface area contributed by atoms with Gasteiger partial charge in [-0.15, -0.1) is 0 Å². The van der Waals surface area contributed by atoms with E-state index in [1.54, 1.807) is 4.90 Å². The first kappa shape index (κ1) is 13.5. The summed E-state index contributed by atoms with van der Waals surface area (Å²) in [5.74, 6) is 0. The summed E-state index contributed by atoms with van der Waals surface area (Å²) in [6, 6.07) is -0.0268. The van der Waals surface area contributed by atoms with Crippen molar-refractivity contribution in [1.82, 2.24) is 4.90 Å². The van der Waals surface area contributed by atoms with Crippen LogP contribution in [0.3, 0.4) is 0 Å². The Balaban J connectivity index is 2.77. The number of rotatable bonds is 0. The normalized spacial score (nSPS) is 24.0. The zero-order valence-electron chi connectivity index (χ0n) is 10.9. The van der Waals surface area contributed by atoms with E-state index in [0.717, 1.165) is 0 Å². The molecule has 5 heteroatoms. The van der Waals surface area contributed by atoms with Gasteiger partial charge in [-0.1, -0.05) is 0 Å². The molecule has 17 heavy (non-hydrogen) atoms. The van der Waals surface area contributed by atoms with E-state index in [0.29, 0.717) is 24.3 Å². The third kappa shape index (κ3) is 3.47. The highest BCUT2D eigenvalue weighted by Gasteiger charge is 2.31. The van der Waals surface area contributed by atoms with Crippen molar-refractivity contribution in [3.63, 3.8) is 0 Å². The summed E-state index contributed by atoms with van der Waals surface area (Å²) in [5.41, 5.74) is 6.13. The third-order valence-corrected chi connectivity index (χ3v) is 2.59. The zero-order valence-corrected chi connectivity index (χ0v) is 10.9. The van der Waals surface area contributed by atoms with Gasteiger partial charge in [0.05, 0.1) is 6.54 Å². The average molecular weight is 239 g/mol. The van der Waals surface area contributed by atoms with Crippen molar-refractivity contribution in [2.24, 2.45) is 5.73 Å². The van der Waals surface area contributed by atoms with Crippen LogP contribution in [0, 0.1) is 5.41 Å². The first-order valence-corrected chi connectivity index (χ1v) is 5.73. The van der Waals surface area contributed by atoms with Crippen LogP contribution in [0.1, 0.15) is 34.1 Å². The van der Waals surface area contributed by atoms with Gasteiger partial charge in [0.2, 0.25) is 0 Å². The molecule has 1 fully saturated rings. The highest BCUT2D eigenvalue weighted by molar-refractivity contribution is 6.00. The Morgan fingerprint density at radius 2 is 2.18 bits per heavy atom. The second-order valence-corrected chi connectivity index (χ2v) is 5.33. The summed E-state index contributed by atoms with van der Waals surface area (Å²) in [5, 5.41) is 7.76. The summed E-state index contributed by atoms with van der Waals surface area (Å²) in [6.45, 7) is 7.76. The van der Waals surface area contributed by atoms with E-state index >= 15 is 0 Å². The Morgan fingerprint density at radius 1 is 1.59 bits per heavy atom. The summed E-state index contributed by atoms with van der Waals surface area (Å²) in [7, 11) is 0. The average Bonchev–Trinajstić information content (AvgIpc) is 2.14. The Bertz CT molecular complexity index is 355. The number of nitrogens with zero attached hydrogens (tertiary/aromatic N) is 1. The largest absolute Gasteiger partial charge is 0.444 e. The molecule has 0 aromatic heterocycles. The van der Waals surface area contributed by atoms with Gasteiger partial charge in [0, 0.05) is 29.9 Å². The second-order valence-electron chi connectivity index (χ2n) is 5.33. The number of ether oxygens (including phenoxy) is 1. The molecule has 0 bridgehead atoms. The van der Waals surface area contributed by atoms with Crippen molar-refractivity contribution >= 4 is 11.8 Å². The molecular formula is C12H21N3O2. The molecule has 0 unspecified atom stereocenters. The van der Waals surface area contributed by atoms with Crippen molar-refractivity contribution in [2.45, 2.75) is 45.8 Å². The fraction of sp³-hybridized carbons (Fsp3) is 0.667. The van der Waals surface area contributed by atoms with Gasteiger partial charge in [-0.3, -0.25) is 0 Å². The number of carbonyl (C=O) groups is 1. The lowest BCUT2D eigenvalue weighted by atomic mass is 9.98. The number of nitrogens with two attached hydrogens (primary N) is 1. The van der Waals surface area contributed by atoms with Crippen LogP contribution in [-0.4, -0.2) is 34.9 Å². The first-order chi connectivity index (χ1) is 7.74. The first-order valence-electron chi connectivity index (χ1n) is 5.73. The molecule has 5 nitrogen and oxygen atoms in total. The molecule has 1 rings (SSSR count). The summed E-state index contributed by atoms with van der Waals surface area (Å²) < 4.78 is 5.32. The highest BCUT2D eigenvalue weighted by Crippen LogP contribution is 2.20. The molecule has 0 saturated carbocycles. The standard InChI is InChI=1S/C12H21N3O2/c1-8-5-10(14)9(6-13)7-15(8)11(16)17-12(2,3)4/h6,8,14H,5,7,13H2,1-4H3/b9-6-,14-10?/t8-/m1/s1. The summed E-state index contributed by atoms with van der Waals surface area (Å²) >= 11 is 0. The van der Waals surface area contributed by atoms with Gasteiger partial charge >= 0.3 is 6.09 Å². The van der Waals surface area contributed by atoms with E-state index in [9.17, 15) is 4.79 Å². The minimum absolute atomic E-state index is 0.0268. The van der Waals surface area contributed by atoms with E-state index in [4.69, 9.17) is 15.9 Å². The fourth-order valence-electron chi connectivity index (χ4n) is 1.69. The van der Waals surface area contributed by atoms with E-state index in [1.807, 2.05) is 27.7 Å². The number of nitrogens with one attached hydrogen (secondary N) is 1. The molecule has 1 heterocycles. The minimum atomic E-state index is -0.506. The topological polar surface area (TPSA) is 79.4 Å². The monoisotopic (exact) mass is 239 g/mol. The van der Waals surface area contributed by atoms with Gasteiger partial charge < -0.3 is 20.8 Å². The van der Waals surface area contributed by atoms with Gasteiger partial charge in [-0.2, -0.15) is 0 Å². The molecule has 1 atom stereocenters. The Labute approximate surface area is 102 Å². The SMILES string of the molecule is C[C@@H]1CC(=N)/C(=C\N)CN1C(=O)OC(C)(C)C. The van der Waals surface area contributed by atoms with Gasteiger partial charge in [-0.25, -0.2) is 4.79 Å². The molecule has 1 aliphatic rings. The predicted octanol–water partition coefficient (Wildman–Crippen LogP) is 1.88. The molecule has 0 spiro atoms. The van der Waals surface area contributed by atoms with E-state index in [2.05, 4.69) is 0 Å². The lowest BCUT2D eigenvalue weighted by Gasteiger charge is -2.36. The highest BCUT2D eigenvalue weighted by atomic mass is 16.6. The Kier molecular flexibility index (Phi) is 3.80. The van der Waals surface area contributed by atoms with Gasteiger partial charge in [0.25, 0.3) is 0 Å². The molecule has 3 N–H and O–H groups in total. The second kappa shape index (κ2) is 4.77. The van der Waals surface area contributed by atoms with Crippen LogP contribution in [0.4, 0.5) is 4.79 Å². The van der Waals surface area contributed by atoms with E-state index in [1.165, 1.54) is 6.20 Å². The Hall–Kier alpha value is -1.52. The number of hydrogen-bond donors (Lipinski definition) is 2. The summed E-state index contributed by atoms with van der Waals surface area (Å²) in [4.78, 5) is 13.6. The molecule has 0 radical (unpaired) electrons. The van der Waals surface area contributed by atoms with E-state index < -0.39 is 5.60 Å². The molecule has 1 aliphatic heterocycles. The molecule has 0 aromatic rings. The van der Waals surface area contributed by atoms with Crippen molar-refractivity contribution in [1.29, 1.82) is 5.41 Å². The quantitative estimate of drug-likeness (QED) is 0.677. The summed E-state index contributed by atoms with van der Waals surface area (Å²) in [6.07, 6.45) is 1.56. The maximum atomic E-state index is 12.0. The molecule has 1 saturated heterocycles. The number of hydrogen-bond acceptors (Lipinski definition) is 4. The molecule has 0 aromatic carbocycles. The van der Waals surface area contributed by atoms with Crippen LogP contribution in [0.5, 0.6) is 0 Å². The molecule has 0 aliphatic carbocycles. The van der Waals surface area contributed by atoms with Gasteiger partial charge in [0.15, 0.2) is 0 Å².